The summed E-state index contributed by atoms with van der Waals surface area (Å²) in [7, 11) is 0. The second kappa shape index (κ2) is 5.38. The van der Waals surface area contributed by atoms with Gasteiger partial charge in [-0.25, -0.2) is 0 Å². The molecule has 0 radical (unpaired) electrons. The van der Waals surface area contributed by atoms with Crippen molar-refractivity contribution in [3.63, 3.8) is 0 Å². The SMILES string of the molecule is C.O=C(N(S(=O)[O-])S(=O)[O-])C(F)(F)F. The van der Waals surface area contributed by atoms with Crippen molar-refractivity contribution in [1.29, 1.82) is 0 Å². The van der Waals surface area contributed by atoms with Gasteiger partial charge in [-0.1, -0.05) is 7.43 Å². The first kappa shape index (κ1) is 15.9. The Labute approximate surface area is 81.9 Å². The molecule has 6 nitrogen and oxygen atoms in total. The monoisotopic (exact) mass is 255 g/mol. The van der Waals surface area contributed by atoms with Crippen molar-refractivity contribution in [2.75, 3.05) is 0 Å². The molecule has 2 unspecified atom stereocenters. The van der Waals surface area contributed by atoms with E-state index in [0.717, 1.165) is 0 Å². The Bertz CT molecular complexity index is 251. The fourth-order valence-electron chi connectivity index (χ4n) is 0.289. The van der Waals surface area contributed by atoms with Gasteiger partial charge in [0.2, 0.25) is 0 Å². The average Bonchev–Trinajstić information content (AvgIpc) is 1.82. The Morgan fingerprint density at radius 1 is 1.14 bits per heavy atom. The van der Waals surface area contributed by atoms with E-state index in [0.29, 0.717) is 0 Å². The fourth-order valence-corrected chi connectivity index (χ4v) is 1.16. The smallest absolute Gasteiger partial charge is 0.473 e. The van der Waals surface area contributed by atoms with E-state index in [4.69, 9.17) is 0 Å². The summed E-state index contributed by atoms with van der Waals surface area (Å²) in [5, 5.41) is 0. The summed E-state index contributed by atoms with van der Waals surface area (Å²) in [4.78, 5) is 10.1. The van der Waals surface area contributed by atoms with Crippen LogP contribution < -0.4 is 0 Å². The predicted molar refractivity (Wildman–Crippen MR) is 37.5 cm³/mol. The maximum absolute atomic E-state index is 11.5. The van der Waals surface area contributed by atoms with Gasteiger partial charge in [0, 0.05) is 0 Å². The highest BCUT2D eigenvalue weighted by molar-refractivity contribution is 7.93. The van der Waals surface area contributed by atoms with Crippen LogP contribution in [0.2, 0.25) is 0 Å². The largest absolute Gasteiger partial charge is 0.754 e. The molecule has 14 heavy (non-hydrogen) atoms. The molecule has 0 aromatic rings. The van der Waals surface area contributed by atoms with Gasteiger partial charge in [-0.15, -0.1) is 0 Å². The summed E-state index contributed by atoms with van der Waals surface area (Å²) < 4.78 is 72.5. The summed E-state index contributed by atoms with van der Waals surface area (Å²) in [6.07, 6.45) is -5.56. The van der Waals surface area contributed by atoms with E-state index in [9.17, 15) is 35.5 Å². The van der Waals surface area contributed by atoms with Gasteiger partial charge in [0.25, 0.3) is 0 Å². The van der Waals surface area contributed by atoms with E-state index in [1.807, 2.05) is 0 Å². The van der Waals surface area contributed by atoms with Crippen LogP contribution >= 0.6 is 0 Å². The molecule has 0 aliphatic carbocycles. The Hall–Kier alpha value is -0.520. The van der Waals surface area contributed by atoms with Crippen LogP contribution in [-0.4, -0.2) is 33.3 Å². The average molecular weight is 255 g/mol. The van der Waals surface area contributed by atoms with Gasteiger partial charge < -0.3 is 9.11 Å². The molecule has 0 aliphatic heterocycles. The molecule has 0 aromatic heterocycles. The fraction of sp³-hybridized carbons (Fsp3) is 0.667. The summed E-state index contributed by atoms with van der Waals surface area (Å²) in [6.45, 7) is 0. The zero-order valence-corrected chi connectivity index (χ0v) is 7.07. The molecule has 0 spiro atoms. The summed E-state index contributed by atoms with van der Waals surface area (Å²) in [5.41, 5.74) is 0. The molecule has 0 heterocycles. The summed E-state index contributed by atoms with van der Waals surface area (Å²) >= 11 is -7.62. The number of hydrogen-bond donors (Lipinski definition) is 0. The van der Waals surface area contributed by atoms with Crippen LogP contribution in [0, 0.1) is 0 Å². The lowest BCUT2D eigenvalue weighted by Gasteiger charge is -2.25. The Balaban J connectivity index is 0. The number of halogens is 3. The Morgan fingerprint density at radius 2 is 1.43 bits per heavy atom. The Morgan fingerprint density at radius 3 is 1.50 bits per heavy atom. The molecule has 0 N–H and O–H groups in total. The van der Waals surface area contributed by atoms with E-state index >= 15 is 0 Å². The van der Waals surface area contributed by atoms with Crippen LogP contribution in [0.25, 0.3) is 0 Å². The molecule has 0 aromatic carbocycles. The quantitative estimate of drug-likeness (QED) is 0.625. The van der Waals surface area contributed by atoms with Crippen molar-refractivity contribution in [1.82, 2.24) is 3.71 Å². The highest BCUT2D eigenvalue weighted by Gasteiger charge is 2.44. The second-order valence-corrected chi connectivity index (χ2v) is 3.32. The third-order valence-corrected chi connectivity index (χ3v) is 2.28. The van der Waals surface area contributed by atoms with E-state index in [1.165, 1.54) is 0 Å². The molecule has 0 bridgehead atoms. The number of carbonyl (C=O) groups excluding carboxylic acids is 1. The third kappa shape index (κ3) is 4.13. The Kier molecular flexibility index (Phi) is 6.13. The van der Waals surface area contributed by atoms with E-state index < -0.39 is 38.3 Å². The number of carbonyl (C=O) groups is 1. The van der Waals surface area contributed by atoms with E-state index in [-0.39, 0.29) is 7.43 Å². The first-order valence-electron chi connectivity index (χ1n) is 2.28. The van der Waals surface area contributed by atoms with Crippen molar-refractivity contribution >= 4 is 28.4 Å². The van der Waals surface area contributed by atoms with Gasteiger partial charge in [0.1, 0.15) is 0 Å². The van der Waals surface area contributed by atoms with Gasteiger partial charge in [0.15, 0.2) is 0 Å². The van der Waals surface area contributed by atoms with E-state index in [2.05, 4.69) is 0 Å². The van der Waals surface area contributed by atoms with Gasteiger partial charge in [-0.2, -0.15) is 16.9 Å². The van der Waals surface area contributed by atoms with Crippen LogP contribution in [0.3, 0.4) is 0 Å². The number of amides is 1. The number of hydrogen-bond acceptors (Lipinski definition) is 5. The molecular formula is C3H4F3NO5S2-2. The van der Waals surface area contributed by atoms with Gasteiger partial charge in [-0.05, 0) is 0 Å². The minimum absolute atomic E-state index is 0. The van der Waals surface area contributed by atoms with Crippen LogP contribution in [0.4, 0.5) is 13.2 Å². The van der Waals surface area contributed by atoms with Crippen LogP contribution in [0.15, 0.2) is 0 Å². The van der Waals surface area contributed by atoms with Crippen molar-refractivity contribution in [3.8, 4) is 0 Å². The maximum Gasteiger partial charge on any atom is 0.473 e. The lowest BCUT2D eigenvalue weighted by Crippen LogP contribution is -2.42. The van der Waals surface area contributed by atoms with Crippen molar-refractivity contribution in [3.05, 3.63) is 0 Å². The zero-order chi connectivity index (χ0) is 10.8. The van der Waals surface area contributed by atoms with E-state index in [1.54, 1.807) is 0 Å². The minimum Gasteiger partial charge on any atom is -0.754 e. The molecule has 2 atom stereocenters. The van der Waals surface area contributed by atoms with Gasteiger partial charge in [0.05, 0.1) is 22.5 Å². The van der Waals surface area contributed by atoms with Gasteiger partial charge >= 0.3 is 12.1 Å². The molecule has 0 saturated heterocycles. The topological polar surface area (TPSA) is 101 Å². The first-order chi connectivity index (χ1) is 5.68. The van der Waals surface area contributed by atoms with Gasteiger partial charge in [-0.3, -0.25) is 13.2 Å². The highest BCUT2D eigenvalue weighted by Crippen LogP contribution is 2.19. The molecule has 0 fully saturated rings. The van der Waals surface area contributed by atoms with Crippen LogP contribution in [0.5, 0.6) is 0 Å². The number of nitrogens with zero attached hydrogens (tertiary/aromatic N) is 1. The number of alkyl halides is 3. The first-order valence-corrected chi connectivity index (χ1v) is 4.34. The van der Waals surface area contributed by atoms with Crippen LogP contribution in [-0.2, 0) is 27.3 Å². The normalized spacial score (nSPS) is 15.2. The molecule has 11 heteroatoms. The van der Waals surface area contributed by atoms with Crippen molar-refractivity contribution in [2.24, 2.45) is 0 Å². The summed E-state index contributed by atoms with van der Waals surface area (Å²) in [6, 6.07) is 0. The lowest BCUT2D eigenvalue weighted by atomic mass is 10.6. The number of rotatable bonds is 2. The minimum atomic E-state index is -5.56. The highest BCUT2D eigenvalue weighted by atomic mass is 32.3. The standard InChI is InChI=1S/C2H2F3NO5S2.CH4/c3-2(4,5)1(7)6(12(8)9)13(10)11;/h(H,8,9)(H,10,11);1H4/p-2. The molecule has 1 amide bonds. The van der Waals surface area contributed by atoms with Crippen LogP contribution in [0.1, 0.15) is 7.43 Å². The second-order valence-electron chi connectivity index (χ2n) is 1.49. The lowest BCUT2D eigenvalue weighted by molar-refractivity contribution is -0.176. The molecule has 0 aliphatic rings. The maximum atomic E-state index is 11.5. The predicted octanol–water partition coefficient (Wildman–Crippen LogP) is -0.398. The van der Waals surface area contributed by atoms with Crippen molar-refractivity contribution < 1.29 is 35.5 Å². The summed E-state index contributed by atoms with van der Waals surface area (Å²) in [5.74, 6) is -2.99. The molecule has 86 valence electrons. The zero-order valence-electron chi connectivity index (χ0n) is 5.44. The van der Waals surface area contributed by atoms with Crippen molar-refractivity contribution in [2.45, 2.75) is 13.6 Å². The molecular weight excluding hydrogens is 251 g/mol. The third-order valence-electron chi connectivity index (χ3n) is 0.679. The molecule has 0 rings (SSSR count). The molecule has 0 saturated carbocycles.